The minimum absolute atomic E-state index is 0.00115. The second kappa shape index (κ2) is 6.49. The van der Waals surface area contributed by atoms with E-state index in [-0.39, 0.29) is 12.4 Å². The van der Waals surface area contributed by atoms with Crippen LogP contribution in [0.5, 0.6) is 5.75 Å². The van der Waals surface area contributed by atoms with E-state index in [4.69, 9.17) is 5.11 Å². The van der Waals surface area contributed by atoms with Crippen molar-refractivity contribution in [2.75, 3.05) is 23.8 Å². The molecule has 3 rings (SSSR count). The number of aryl methyl sites for hydroxylation is 1. The molecule has 23 heavy (non-hydrogen) atoms. The van der Waals surface area contributed by atoms with Crippen LogP contribution in [0.4, 0.5) is 11.8 Å². The maximum atomic E-state index is 9.52. The van der Waals surface area contributed by atoms with Crippen LogP contribution >= 0.6 is 0 Å². The number of phenols is 1. The number of aromatic nitrogens is 4. The quantitative estimate of drug-likeness (QED) is 0.539. The Labute approximate surface area is 132 Å². The summed E-state index contributed by atoms with van der Waals surface area (Å²) >= 11 is 0. The van der Waals surface area contributed by atoms with Crippen LogP contribution in [0, 0.1) is 0 Å². The van der Waals surface area contributed by atoms with Gasteiger partial charge < -0.3 is 25.4 Å². The monoisotopic (exact) mass is 314 g/mol. The van der Waals surface area contributed by atoms with Gasteiger partial charge in [-0.25, -0.2) is 4.98 Å². The molecule has 0 amide bonds. The van der Waals surface area contributed by atoms with Gasteiger partial charge in [0.2, 0.25) is 5.95 Å². The van der Waals surface area contributed by atoms with Gasteiger partial charge in [-0.3, -0.25) is 0 Å². The number of anilines is 2. The van der Waals surface area contributed by atoms with Gasteiger partial charge >= 0.3 is 0 Å². The molecular formula is C15H18N6O2. The Morgan fingerprint density at radius 3 is 2.87 bits per heavy atom. The van der Waals surface area contributed by atoms with E-state index < -0.39 is 0 Å². The summed E-state index contributed by atoms with van der Waals surface area (Å²) in [7, 11) is 1.86. The van der Waals surface area contributed by atoms with Gasteiger partial charge in [0.25, 0.3) is 0 Å². The Balaban J connectivity index is 1.88. The van der Waals surface area contributed by atoms with Gasteiger partial charge in [0.15, 0.2) is 17.0 Å². The molecule has 1 aromatic carbocycles. The summed E-state index contributed by atoms with van der Waals surface area (Å²) in [5, 5.41) is 24.6. The summed E-state index contributed by atoms with van der Waals surface area (Å²) in [6, 6.07) is 7.02. The standard InChI is InChI=1S/C15H18N6O2/c1-21-9-18-12-13(17-8-10-3-2-4-11(23)7-10)19-15(16-5-6-22)20-14(12)21/h2-4,7,9,22-23H,5-6,8H2,1H3,(H2,16,17,19,20). The van der Waals surface area contributed by atoms with Crippen LogP contribution in [0.1, 0.15) is 5.56 Å². The molecule has 8 heteroatoms. The number of benzene rings is 1. The Bertz CT molecular complexity index is 817. The first-order valence-corrected chi connectivity index (χ1v) is 7.23. The first-order chi connectivity index (χ1) is 11.2. The van der Waals surface area contributed by atoms with Crippen LogP contribution in [0.3, 0.4) is 0 Å². The lowest BCUT2D eigenvalue weighted by molar-refractivity contribution is 0.311. The van der Waals surface area contributed by atoms with Gasteiger partial charge in [-0.05, 0) is 17.7 Å². The topological polar surface area (TPSA) is 108 Å². The fourth-order valence-corrected chi connectivity index (χ4v) is 2.23. The number of phenolic OH excluding ortho intramolecular Hbond substituents is 1. The van der Waals surface area contributed by atoms with E-state index in [0.29, 0.717) is 36.0 Å². The number of aliphatic hydroxyl groups is 1. The largest absolute Gasteiger partial charge is 0.508 e. The Hall–Kier alpha value is -2.87. The van der Waals surface area contributed by atoms with Crippen LogP contribution in [0.2, 0.25) is 0 Å². The number of aromatic hydroxyl groups is 1. The van der Waals surface area contributed by atoms with Crippen molar-refractivity contribution in [3.63, 3.8) is 0 Å². The predicted octanol–water partition coefficient (Wildman–Crippen LogP) is 1.09. The van der Waals surface area contributed by atoms with Gasteiger partial charge in [-0.2, -0.15) is 9.97 Å². The fraction of sp³-hybridized carbons (Fsp3) is 0.267. The van der Waals surface area contributed by atoms with Gasteiger partial charge in [0.05, 0.1) is 12.9 Å². The highest BCUT2D eigenvalue weighted by atomic mass is 16.3. The fourth-order valence-electron chi connectivity index (χ4n) is 2.23. The van der Waals surface area contributed by atoms with Crippen molar-refractivity contribution < 1.29 is 10.2 Å². The van der Waals surface area contributed by atoms with E-state index >= 15 is 0 Å². The second-order valence-electron chi connectivity index (χ2n) is 5.10. The number of fused-ring (bicyclic) bond motifs is 1. The summed E-state index contributed by atoms with van der Waals surface area (Å²) in [6.45, 7) is 0.866. The van der Waals surface area contributed by atoms with E-state index in [2.05, 4.69) is 25.6 Å². The molecule has 0 spiro atoms. The molecule has 0 saturated carbocycles. The summed E-state index contributed by atoms with van der Waals surface area (Å²) < 4.78 is 1.81. The summed E-state index contributed by atoms with van der Waals surface area (Å²) in [5.41, 5.74) is 2.29. The number of aliphatic hydroxyl groups excluding tert-OH is 1. The first kappa shape index (κ1) is 15.0. The third-order valence-corrected chi connectivity index (χ3v) is 3.33. The van der Waals surface area contributed by atoms with E-state index in [1.165, 1.54) is 0 Å². The molecule has 0 radical (unpaired) electrons. The third-order valence-electron chi connectivity index (χ3n) is 3.33. The van der Waals surface area contributed by atoms with Crippen LogP contribution in [-0.4, -0.2) is 42.9 Å². The number of nitrogens with zero attached hydrogens (tertiary/aromatic N) is 4. The lowest BCUT2D eigenvalue weighted by Gasteiger charge is -2.10. The molecule has 8 nitrogen and oxygen atoms in total. The molecule has 0 aliphatic rings. The molecule has 0 aliphatic heterocycles. The highest BCUT2D eigenvalue weighted by molar-refractivity contribution is 5.84. The third kappa shape index (κ3) is 3.32. The maximum absolute atomic E-state index is 9.52. The van der Waals surface area contributed by atoms with Crippen molar-refractivity contribution in [1.82, 2.24) is 19.5 Å². The minimum Gasteiger partial charge on any atom is -0.508 e. The van der Waals surface area contributed by atoms with Crippen molar-refractivity contribution in [2.45, 2.75) is 6.54 Å². The summed E-state index contributed by atoms with van der Waals surface area (Å²) in [6.07, 6.45) is 1.68. The number of hydrogen-bond donors (Lipinski definition) is 4. The van der Waals surface area contributed by atoms with Crippen LogP contribution in [-0.2, 0) is 13.6 Å². The minimum atomic E-state index is -0.00115. The molecule has 3 aromatic rings. The van der Waals surface area contributed by atoms with Gasteiger partial charge in [-0.15, -0.1) is 0 Å². The first-order valence-electron chi connectivity index (χ1n) is 7.23. The lowest BCUT2D eigenvalue weighted by atomic mass is 10.2. The van der Waals surface area contributed by atoms with Crippen molar-refractivity contribution in [3.05, 3.63) is 36.2 Å². The van der Waals surface area contributed by atoms with Gasteiger partial charge in [-0.1, -0.05) is 12.1 Å². The SMILES string of the molecule is Cn1cnc2c(NCc3cccc(O)c3)nc(NCCO)nc21. The predicted molar refractivity (Wildman–Crippen MR) is 87.3 cm³/mol. The molecule has 4 N–H and O–H groups in total. The number of nitrogens with one attached hydrogen (secondary N) is 2. The van der Waals surface area contributed by atoms with E-state index in [1.54, 1.807) is 29.1 Å². The Kier molecular flexibility index (Phi) is 4.24. The molecule has 0 fully saturated rings. The molecule has 0 saturated heterocycles. The smallest absolute Gasteiger partial charge is 0.226 e. The van der Waals surface area contributed by atoms with Crippen molar-refractivity contribution in [3.8, 4) is 5.75 Å². The molecule has 0 unspecified atom stereocenters. The molecular weight excluding hydrogens is 296 g/mol. The van der Waals surface area contributed by atoms with Crippen LogP contribution in [0.15, 0.2) is 30.6 Å². The summed E-state index contributed by atoms with van der Waals surface area (Å²) in [4.78, 5) is 13.1. The van der Waals surface area contributed by atoms with E-state index in [9.17, 15) is 5.11 Å². The number of imidazole rings is 1. The van der Waals surface area contributed by atoms with Crippen molar-refractivity contribution >= 4 is 22.9 Å². The highest BCUT2D eigenvalue weighted by Gasteiger charge is 2.11. The Morgan fingerprint density at radius 2 is 2.09 bits per heavy atom. The average Bonchev–Trinajstić information content (AvgIpc) is 2.92. The zero-order chi connectivity index (χ0) is 16.2. The van der Waals surface area contributed by atoms with E-state index in [0.717, 1.165) is 5.56 Å². The Morgan fingerprint density at radius 1 is 1.22 bits per heavy atom. The maximum Gasteiger partial charge on any atom is 0.226 e. The zero-order valence-corrected chi connectivity index (χ0v) is 12.7. The molecule has 120 valence electrons. The number of hydrogen-bond acceptors (Lipinski definition) is 7. The second-order valence-corrected chi connectivity index (χ2v) is 5.10. The van der Waals surface area contributed by atoms with E-state index in [1.807, 2.05) is 13.1 Å². The molecule has 0 atom stereocenters. The average molecular weight is 314 g/mol. The zero-order valence-electron chi connectivity index (χ0n) is 12.7. The van der Waals surface area contributed by atoms with Crippen LogP contribution < -0.4 is 10.6 Å². The summed E-state index contributed by atoms with van der Waals surface area (Å²) in [5.74, 6) is 1.24. The molecule has 0 bridgehead atoms. The van der Waals surface area contributed by atoms with Gasteiger partial charge in [0.1, 0.15) is 5.75 Å². The van der Waals surface area contributed by atoms with Crippen LogP contribution in [0.25, 0.3) is 11.2 Å². The van der Waals surface area contributed by atoms with Crippen molar-refractivity contribution in [2.24, 2.45) is 7.05 Å². The molecule has 2 heterocycles. The van der Waals surface area contributed by atoms with Gasteiger partial charge in [0, 0.05) is 20.1 Å². The van der Waals surface area contributed by atoms with Crippen molar-refractivity contribution in [1.29, 1.82) is 0 Å². The lowest BCUT2D eigenvalue weighted by Crippen LogP contribution is -2.11. The molecule has 2 aromatic heterocycles. The normalized spacial score (nSPS) is 10.9. The number of rotatable bonds is 6. The molecule has 0 aliphatic carbocycles. The highest BCUT2D eigenvalue weighted by Crippen LogP contribution is 2.21.